The third-order valence-corrected chi connectivity index (χ3v) is 5.03. The second-order valence-electron chi connectivity index (χ2n) is 6.89. The number of hydrogen-bond acceptors (Lipinski definition) is 4. The molecule has 1 spiro atoms. The van der Waals surface area contributed by atoms with E-state index in [1.54, 1.807) is 0 Å². The van der Waals surface area contributed by atoms with E-state index >= 15 is 0 Å². The SMILES string of the molecule is CC(C)c1ncn2c1C1(CCN(C)CC1)Nc1cccnc1-2. The normalized spacial score (nSPS) is 19.8. The molecule has 2 aromatic heterocycles. The minimum absolute atomic E-state index is 0.0152. The molecule has 2 aliphatic rings. The molecule has 0 aromatic carbocycles. The van der Waals surface area contributed by atoms with Gasteiger partial charge in [-0.05, 0) is 37.9 Å². The Labute approximate surface area is 131 Å². The summed E-state index contributed by atoms with van der Waals surface area (Å²) >= 11 is 0. The van der Waals surface area contributed by atoms with Gasteiger partial charge < -0.3 is 10.2 Å². The number of nitrogens with zero attached hydrogens (tertiary/aromatic N) is 4. The van der Waals surface area contributed by atoms with Gasteiger partial charge in [-0.15, -0.1) is 0 Å². The Balaban J connectivity index is 1.92. The predicted octanol–water partition coefficient (Wildman–Crippen LogP) is 2.74. The molecule has 1 N–H and O–H groups in total. The van der Waals surface area contributed by atoms with Crippen molar-refractivity contribution in [3.05, 3.63) is 36.0 Å². The van der Waals surface area contributed by atoms with Crippen molar-refractivity contribution in [3.63, 3.8) is 0 Å². The molecule has 0 amide bonds. The van der Waals surface area contributed by atoms with Gasteiger partial charge in [0.25, 0.3) is 0 Å². The van der Waals surface area contributed by atoms with Crippen LogP contribution in [0.3, 0.4) is 0 Å². The zero-order valence-electron chi connectivity index (χ0n) is 13.5. The van der Waals surface area contributed by atoms with Gasteiger partial charge in [-0.25, -0.2) is 9.97 Å². The number of anilines is 1. The lowest BCUT2D eigenvalue weighted by Crippen LogP contribution is -2.49. The first-order valence-electron chi connectivity index (χ1n) is 8.10. The molecule has 0 unspecified atom stereocenters. The van der Waals surface area contributed by atoms with E-state index in [-0.39, 0.29) is 5.54 Å². The number of pyridine rings is 1. The van der Waals surface area contributed by atoms with Gasteiger partial charge in [0.2, 0.25) is 0 Å². The third-order valence-electron chi connectivity index (χ3n) is 5.03. The van der Waals surface area contributed by atoms with Gasteiger partial charge in [0.15, 0.2) is 5.82 Å². The second kappa shape index (κ2) is 4.81. The molecule has 0 radical (unpaired) electrons. The summed E-state index contributed by atoms with van der Waals surface area (Å²) in [7, 11) is 2.20. The second-order valence-corrected chi connectivity index (χ2v) is 6.89. The first-order chi connectivity index (χ1) is 10.6. The van der Waals surface area contributed by atoms with Crippen LogP contribution in [0.4, 0.5) is 5.69 Å². The number of piperidine rings is 1. The Morgan fingerprint density at radius 2 is 2.00 bits per heavy atom. The highest BCUT2D eigenvalue weighted by Crippen LogP contribution is 2.44. The Hall–Kier alpha value is -1.88. The van der Waals surface area contributed by atoms with Crippen molar-refractivity contribution in [2.24, 2.45) is 0 Å². The number of fused-ring (bicyclic) bond motifs is 4. The van der Waals surface area contributed by atoms with Crippen LogP contribution >= 0.6 is 0 Å². The molecule has 1 saturated heterocycles. The number of imidazole rings is 1. The van der Waals surface area contributed by atoms with E-state index in [4.69, 9.17) is 4.98 Å². The summed E-state index contributed by atoms with van der Waals surface area (Å²) in [6, 6.07) is 4.13. The van der Waals surface area contributed by atoms with E-state index in [0.29, 0.717) is 5.92 Å². The summed E-state index contributed by atoms with van der Waals surface area (Å²) in [5, 5.41) is 3.82. The lowest BCUT2D eigenvalue weighted by Gasteiger charge is -2.45. The largest absolute Gasteiger partial charge is 0.371 e. The Bertz CT molecular complexity index is 695. The predicted molar refractivity (Wildman–Crippen MR) is 87.5 cm³/mol. The zero-order chi connectivity index (χ0) is 15.3. The lowest BCUT2D eigenvalue weighted by atomic mass is 9.80. The van der Waals surface area contributed by atoms with E-state index in [1.807, 2.05) is 18.6 Å². The highest BCUT2D eigenvalue weighted by atomic mass is 15.2. The molecular weight excluding hydrogens is 274 g/mol. The van der Waals surface area contributed by atoms with Crippen LogP contribution in [-0.4, -0.2) is 39.6 Å². The smallest absolute Gasteiger partial charge is 0.161 e. The van der Waals surface area contributed by atoms with Crippen LogP contribution in [0.25, 0.3) is 5.82 Å². The molecule has 4 heterocycles. The molecule has 0 atom stereocenters. The number of aromatic nitrogens is 3. The number of likely N-dealkylation sites (tertiary alicyclic amines) is 1. The van der Waals surface area contributed by atoms with E-state index < -0.39 is 0 Å². The van der Waals surface area contributed by atoms with Gasteiger partial charge in [-0.1, -0.05) is 13.8 Å². The average Bonchev–Trinajstić information content (AvgIpc) is 2.97. The fourth-order valence-corrected chi connectivity index (χ4v) is 3.79. The molecule has 5 nitrogen and oxygen atoms in total. The minimum Gasteiger partial charge on any atom is -0.371 e. The van der Waals surface area contributed by atoms with Crippen LogP contribution in [0, 0.1) is 0 Å². The topological polar surface area (TPSA) is 46.0 Å². The van der Waals surface area contributed by atoms with Crippen molar-refractivity contribution in [2.75, 3.05) is 25.5 Å². The molecule has 22 heavy (non-hydrogen) atoms. The Morgan fingerprint density at radius 3 is 2.73 bits per heavy atom. The Morgan fingerprint density at radius 1 is 1.23 bits per heavy atom. The van der Waals surface area contributed by atoms with E-state index in [9.17, 15) is 0 Å². The highest BCUT2D eigenvalue weighted by Gasteiger charge is 2.44. The molecule has 2 aliphatic heterocycles. The minimum atomic E-state index is -0.0152. The maximum absolute atomic E-state index is 4.73. The number of nitrogens with one attached hydrogen (secondary N) is 1. The van der Waals surface area contributed by atoms with Crippen LogP contribution in [0.5, 0.6) is 0 Å². The van der Waals surface area contributed by atoms with E-state index in [1.165, 1.54) is 11.4 Å². The summed E-state index contributed by atoms with van der Waals surface area (Å²) in [4.78, 5) is 11.7. The summed E-state index contributed by atoms with van der Waals surface area (Å²) in [5.41, 5.74) is 3.63. The van der Waals surface area contributed by atoms with Crippen LogP contribution in [0.2, 0.25) is 0 Å². The Kier molecular flexibility index (Phi) is 3.01. The van der Waals surface area contributed by atoms with Gasteiger partial charge in [-0.3, -0.25) is 4.57 Å². The molecule has 2 aromatic rings. The van der Waals surface area contributed by atoms with Crippen molar-refractivity contribution in [2.45, 2.75) is 38.1 Å². The van der Waals surface area contributed by atoms with Crippen LogP contribution in [-0.2, 0) is 5.54 Å². The highest BCUT2D eigenvalue weighted by molar-refractivity contribution is 5.64. The van der Waals surface area contributed by atoms with Gasteiger partial charge in [-0.2, -0.15) is 0 Å². The maximum Gasteiger partial charge on any atom is 0.161 e. The van der Waals surface area contributed by atoms with Crippen molar-refractivity contribution in [1.29, 1.82) is 0 Å². The summed E-state index contributed by atoms with van der Waals surface area (Å²) in [6.07, 6.45) is 6.01. The molecule has 1 fully saturated rings. The van der Waals surface area contributed by atoms with Gasteiger partial charge in [0.1, 0.15) is 6.33 Å². The first kappa shape index (κ1) is 13.8. The average molecular weight is 297 g/mol. The van der Waals surface area contributed by atoms with E-state index in [2.05, 4.69) is 46.7 Å². The number of rotatable bonds is 1. The van der Waals surface area contributed by atoms with Crippen molar-refractivity contribution in [1.82, 2.24) is 19.4 Å². The van der Waals surface area contributed by atoms with E-state index in [0.717, 1.165) is 37.4 Å². The molecule has 116 valence electrons. The third kappa shape index (κ3) is 1.88. The first-order valence-corrected chi connectivity index (χ1v) is 8.10. The molecule has 0 saturated carbocycles. The van der Waals surface area contributed by atoms with Gasteiger partial charge in [0, 0.05) is 19.3 Å². The van der Waals surface area contributed by atoms with Crippen LogP contribution in [0.15, 0.2) is 24.7 Å². The summed E-state index contributed by atoms with van der Waals surface area (Å²) < 4.78 is 2.21. The van der Waals surface area contributed by atoms with Crippen molar-refractivity contribution in [3.8, 4) is 5.82 Å². The molecule has 5 heteroatoms. The molecule has 4 rings (SSSR count). The van der Waals surface area contributed by atoms with Crippen LogP contribution < -0.4 is 5.32 Å². The van der Waals surface area contributed by atoms with Crippen molar-refractivity contribution < 1.29 is 0 Å². The molecular formula is C17H23N5. The number of hydrogen-bond donors (Lipinski definition) is 1. The quantitative estimate of drug-likeness (QED) is 0.879. The zero-order valence-corrected chi connectivity index (χ0v) is 13.5. The fraction of sp³-hybridized carbons (Fsp3) is 0.529. The monoisotopic (exact) mass is 297 g/mol. The lowest BCUT2D eigenvalue weighted by molar-refractivity contribution is 0.198. The van der Waals surface area contributed by atoms with Crippen molar-refractivity contribution >= 4 is 5.69 Å². The standard InChI is InChI=1S/C17H23N5/c1-12(2)14-15-17(6-9-21(3)10-7-17)20-13-5-4-8-18-16(13)22(15)11-19-14/h4-5,8,11-12,20H,6-7,9-10H2,1-3H3. The van der Waals surface area contributed by atoms with Gasteiger partial charge in [0.05, 0.1) is 22.6 Å². The van der Waals surface area contributed by atoms with Crippen LogP contribution in [0.1, 0.15) is 44.0 Å². The molecule has 0 aliphatic carbocycles. The maximum atomic E-state index is 4.73. The summed E-state index contributed by atoms with van der Waals surface area (Å²) in [6.45, 7) is 6.65. The molecule has 0 bridgehead atoms. The summed E-state index contributed by atoms with van der Waals surface area (Å²) in [5.74, 6) is 1.39. The fourth-order valence-electron chi connectivity index (χ4n) is 3.79. The van der Waals surface area contributed by atoms with Gasteiger partial charge >= 0.3 is 0 Å².